The number of alkyl halides is 3. The Morgan fingerprint density at radius 1 is 0.970 bits per heavy atom. The fourth-order valence-electron chi connectivity index (χ4n) is 3.74. The molecule has 1 amide bonds. The molecule has 11 heteroatoms. The van der Waals surface area contributed by atoms with E-state index >= 15 is 0 Å². The van der Waals surface area contributed by atoms with E-state index in [4.69, 9.17) is 0 Å². The third-order valence-corrected chi connectivity index (χ3v) is 7.22. The summed E-state index contributed by atoms with van der Waals surface area (Å²) in [6, 6.07) is 13.2. The Hall–Kier alpha value is -3.18. The standard InChI is InChI=1S/C22H21F3N4O3S/c23-22(24,25)20-19(15-26-29(20)17-9-3-1-4-10-17)21(30)27-16-8-7-11-18(14-16)33(31,32)28-12-5-2-6-13-28/h1,3-4,7-11,14-15H,2,5-6,12-13H2,(H,27,30). The molecule has 4 rings (SSSR count). The molecule has 1 saturated heterocycles. The summed E-state index contributed by atoms with van der Waals surface area (Å²) in [6.45, 7) is 0.819. The molecular formula is C22H21F3N4O3S. The maximum Gasteiger partial charge on any atom is 0.434 e. The minimum absolute atomic E-state index is 0.0294. The number of piperidine rings is 1. The lowest BCUT2D eigenvalue weighted by molar-refractivity contribution is -0.143. The van der Waals surface area contributed by atoms with E-state index in [0.29, 0.717) is 17.8 Å². The second kappa shape index (κ2) is 8.99. The molecular weight excluding hydrogens is 457 g/mol. The molecule has 3 aromatic rings. The van der Waals surface area contributed by atoms with Crippen molar-refractivity contribution in [3.05, 3.63) is 72.1 Å². The molecule has 2 heterocycles. The summed E-state index contributed by atoms with van der Waals surface area (Å²) in [4.78, 5) is 12.7. The zero-order valence-corrected chi connectivity index (χ0v) is 18.2. The van der Waals surface area contributed by atoms with Crippen molar-refractivity contribution in [3.63, 3.8) is 0 Å². The molecule has 174 valence electrons. The van der Waals surface area contributed by atoms with Crippen molar-refractivity contribution in [2.24, 2.45) is 0 Å². The van der Waals surface area contributed by atoms with Gasteiger partial charge in [0.2, 0.25) is 10.0 Å². The van der Waals surface area contributed by atoms with Crippen molar-refractivity contribution in [3.8, 4) is 5.69 Å². The number of carbonyl (C=O) groups excluding carboxylic acids is 1. The van der Waals surface area contributed by atoms with Crippen LogP contribution in [0.2, 0.25) is 0 Å². The van der Waals surface area contributed by atoms with E-state index in [1.807, 2.05) is 0 Å². The zero-order valence-electron chi connectivity index (χ0n) is 17.4. The number of nitrogens with zero attached hydrogens (tertiary/aromatic N) is 3. The largest absolute Gasteiger partial charge is 0.434 e. The quantitative estimate of drug-likeness (QED) is 0.592. The number of anilines is 1. The van der Waals surface area contributed by atoms with Gasteiger partial charge in [-0.05, 0) is 43.2 Å². The van der Waals surface area contributed by atoms with Gasteiger partial charge in [-0.1, -0.05) is 30.7 Å². The summed E-state index contributed by atoms with van der Waals surface area (Å²) in [5, 5.41) is 6.14. The second-order valence-corrected chi connectivity index (χ2v) is 9.54. The number of hydrogen-bond acceptors (Lipinski definition) is 4. The third kappa shape index (κ3) is 4.79. The van der Waals surface area contributed by atoms with Gasteiger partial charge in [-0.2, -0.15) is 22.6 Å². The number of benzene rings is 2. The van der Waals surface area contributed by atoms with E-state index in [1.54, 1.807) is 18.2 Å². The predicted molar refractivity (Wildman–Crippen MR) is 116 cm³/mol. The van der Waals surface area contributed by atoms with Crippen molar-refractivity contribution >= 4 is 21.6 Å². The summed E-state index contributed by atoms with van der Waals surface area (Å²) in [5.41, 5.74) is -1.67. The van der Waals surface area contributed by atoms with Gasteiger partial charge in [-0.3, -0.25) is 4.79 Å². The number of carbonyl (C=O) groups is 1. The minimum Gasteiger partial charge on any atom is -0.322 e. The van der Waals surface area contributed by atoms with Crippen LogP contribution in [0.15, 0.2) is 65.7 Å². The molecule has 1 N–H and O–H groups in total. The fourth-order valence-corrected chi connectivity index (χ4v) is 5.30. The summed E-state index contributed by atoms with van der Waals surface area (Å²) >= 11 is 0. The first-order valence-corrected chi connectivity index (χ1v) is 11.7. The highest BCUT2D eigenvalue weighted by molar-refractivity contribution is 7.89. The molecule has 1 aliphatic heterocycles. The highest BCUT2D eigenvalue weighted by atomic mass is 32.2. The van der Waals surface area contributed by atoms with Crippen LogP contribution in [-0.4, -0.2) is 41.5 Å². The zero-order chi connectivity index (χ0) is 23.6. The van der Waals surface area contributed by atoms with Gasteiger partial charge >= 0.3 is 6.18 Å². The minimum atomic E-state index is -4.85. The lowest BCUT2D eigenvalue weighted by Gasteiger charge is -2.26. The molecule has 0 spiro atoms. The number of aromatic nitrogens is 2. The molecule has 0 unspecified atom stereocenters. The lowest BCUT2D eigenvalue weighted by Crippen LogP contribution is -2.35. The molecule has 0 atom stereocenters. The molecule has 33 heavy (non-hydrogen) atoms. The number of sulfonamides is 1. The van der Waals surface area contributed by atoms with Crippen LogP contribution in [0, 0.1) is 0 Å². The number of rotatable bonds is 5. The Bertz CT molecular complexity index is 1250. The van der Waals surface area contributed by atoms with Crippen molar-refractivity contribution in [1.29, 1.82) is 0 Å². The Morgan fingerprint density at radius 3 is 2.33 bits per heavy atom. The summed E-state index contributed by atoms with van der Waals surface area (Å²) in [6.07, 6.45) is -1.51. The van der Waals surface area contributed by atoms with Crippen molar-refractivity contribution in [2.45, 2.75) is 30.3 Å². The number of nitrogens with one attached hydrogen (secondary N) is 1. The Kier molecular flexibility index (Phi) is 6.26. The van der Waals surface area contributed by atoms with Gasteiger partial charge in [0.05, 0.1) is 22.3 Å². The van der Waals surface area contributed by atoms with E-state index < -0.39 is 33.4 Å². The maximum absolute atomic E-state index is 13.8. The molecule has 1 aliphatic rings. The van der Waals surface area contributed by atoms with E-state index in [1.165, 1.54) is 40.7 Å². The first kappa shape index (κ1) is 23.0. The van der Waals surface area contributed by atoms with Crippen molar-refractivity contribution in [1.82, 2.24) is 14.1 Å². The molecule has 2 aromatic carbocycles. The van der Waals surface area contributed by atoms with E-state index in [-0.39, 0.29) is 16.3 Å². The topological polar surface area (TPSA) is 84.3 Å². The summed E-state index contributed by atoms with van der Waals surface area (Å²) in [7, 11) is -3.76. The molecule has 1 aromatic heterocycles. The predicted octanol–water partition coefficient (Wildman–Crippen LogP) is 4.32. The number of hydrogen-bond donors (Lipinski definition) is 1. The van der Waals surface area contributed by atoms with Gasteiger partial charge in [0.1, 0.15) is 0 Å². The molecule has 0 saturated carbocycles. The fraction of sp³-hybridized carbons (Fsp3) is 0.273. The highest BCUT2D eigenvalue weighted by Gasteiger charge is 2.40. The molecule has 0 aliphatic carbocycles. The van der Waals surface area contributed by atoms with Gasteiger partial charge in [0.15, 0.2) is 5.69 Å². The lowest BCUT2D eigenvalue weighted by atomic mass is 10.2. The van der Waals surface area contributed by atoms with E-state index in [9.17, 15) is 26.4 Å². The van der Waals surface area contributed by atoms with Crippen LogP contribution in [0.4, 0.5) is 18.9 Å². The maximum atomic E-state index is 13.8. The van der Waals surface area contributed by atoms with Crippen molar-refractivity contribution in [2.75, 3.05) is 18.4 Å². The first-order chi connectivity index (χ1) is 15.7. The normalized spacial score (nSPS) is 15.4. The average molecular weight is 478 g/mol. The SMILES string of the molecule is O=C(Nc1cccc(S(=O)(=O)N2CCCCC2)c1)c1cnn(-c2ccccc2)c1C(F)(F)F. The molecule has 0 radical (unpaired) electrons. The van der Waals surface area contributed by atoms with Crippen LogP contribution in [0.5, 0.6) is 0 Å². The van der Waals surface area contributed by atoms with Gasteiger partial charge in [0, 0.05) is 18.8 Å². The summed E-state index contributed by atoms with van der Waals surface area (Å²) in [5.74, 6) is -1.04. The van der Waals surface area contributed by atoms with Crippen LogP contribution in [0.25, 0.3) is 5.69 Å². The van der Waals surface area contributed by atoms with Gasteiger partial charge < -0.3 is 5.32 Å². The summed E-state index contributed by atoms with van der Waals surface area (Å²) < 4.78 is 69.3. The van der Waals surface area contributed by atoms with Gasteiger partial charge in [-0.15, -0.1) is 0 Å². The molecule has 0 bridgehead atoms. The van der Waals surface area contributed by atoms with Crippen LogP contribution in [0.1, 0.15) is 35.3 Å². The smallest absolute Gasteiger partial charge is 0.322 e. The monoisotopic (exact) mass is 478 g/mol. The molecule has 1 fully saturated rings. The number of para-hydroxylation sites is 1. The average Bonchev–Trinajstić information content (AvgIpc) is 3.27. The van der Waals surface area contributed by atoms with Crippen LogP contribution < -0.4 is 5.32 Å². The highest BCUT2D eigenvalue weighted by Crippen LogP contribution is 2.34. The van der Waals surface area contributed by atoms with Crippen LogP contribution >= 0.6 is 0 Å². The second-order valence-electron chi connectivity index (χ2n) is 7.60. The van der Waals surface area contributed by atoms with Crippen molar-refractivity contribution < 1.29 is 26.4 Å². The number of halogens is 3. The van der Waals surface area contributed by atoms with Crippen LogP contribution in [-0.2, 0) is 16.2 Å². The van der Waals surface area contributed by atoms with Crippen LogP contribution in [0.3, 0.4) is 0 Å². The Labute approximate surface area is 188 Å². The van der Waals surface area contributed by atoms with E-state index in [2.05, 4.69) is 10.4 Å². The third-order valence-electron chi connectivity index (χ3n) is 5.33. The Balaban J connectivity index is 1.63. The van der Waals surface area contributed by atoms with Gasteiger partial charge in [0.25, 0.3) is 5.91 Å². The van der Waals surface area contributed by atoms with E-state index in [0.717, 1.165) is 25.5 Å². The molecule has 7 nitrogen and oxygen atoms in total. The Morgan fingerprint density at radius 2 is 1.67 bits per heavy atom. The first-order valence-electron chi connectivity index (χ1n) is 10.3. The number of amides is 1. The van der Waals surface area contributed by atoms with Gasteiger partial charge in [-0.25, -0.2) is 13.1 Å².